The summed E-state index contributed by atoms with van der Waals surface area (Å²) in [6.45, 7) is 3.62. The summed E-state index contributed by atoms with van der Waals surface area (Å²) in [5, 5.41) is 19.9. The SMILES string of the molecule is COc1ccc(CN=C(NCc2ccn(C3CCCC3)n2)NCc2nnc(C)n2C)cc1.I. The molecular weight excluding hydrogens is 531 g/mol. The van der Waals surface area contributed by atoms with Crippen LogP contribution in [0.1, 0.15) is 54.6 Å². The number of benzene rings is 1. The van der Waals surface area contributed by atoms with Crippen LogP contribution >= 0.6 is 24.0 Å². The van der Waals surface area contributed by atoms with Crippen molar-refractivity contribution in [3.63, 3.8) is 0 Å². The number of halogens is 1. The Hall–Kier alpha value is -2.63. The van der Waals surface area contributed by atoms with E-state index in [4.69, 9.17) is 14.8 Å². The van der Waals surface area contributed by atoms with E-state index in [1.165, 1.54) is 25.7 Å². The molecule has 1 aliphatic carbocycles. The van der Waals surface area contributed by atoms with Gasteiger partial charge in [0.15, 0.2) is 11.8 Å². The maximum Gasteiger partial charge on any atom is 0.192 e. The van der Waals surface area contributed by atoms with Crippen molar-refractivity contribution < 1.29 is 4.74 Å². The summed E-state index contributed by atoms with van der Waals surface area (Å²) in [5.74, 6) is 3.28. The van der Waals surface area contributed by atoms with Crippen molar-refractivity contribution in [1.29, 1.82) is 0 Å². The second-order valence-corrected chi connectivity index (χ2v) is 8.17. The number of methoxy groups -OCH3 is 1. The van der Waals surface area contributed by atoms with E-state index in [0.717, 1.165) is 28.7 Å². The smallest absolute Gasteiger partial charge is 0.192 e. The van der Waals surface area contributed by atoms with Crippen LogP contribution in [-0.4, -0.2) is 37.6 Å². The van der Waals surface area contributed by atoms with Crippen molar-refractivity contribution in [1.82, 2.24) is 35.2 Å². The first-order chi connectivity index (χ1) is 15.6. The zero-order valence-electron chi connectivity index (χ0n) is 19.5. The minimum Gasteiger partial charge on any atom is -0.497 e. The van der Waals surface area contributed by atoms with Gasteiger partial charge in [0.25, 0.3) is 0 Å². The van der Waals surface area contributed by atoms with Crippen LogP contribution in [0.15, 0.2) is 41.5 Å². The first-order valence-electron chi connectivity index (χ1n) is 11.2. The van der Waals surface area contributed by atoms with Gasteiger partial charge in [-0.2, -0.15) is 5.10 Å². The van der Waals surface area contributed by atoms with Crippen LogP contribution < -0.4 is 15.4 Å². The summed E-state index contributed by atoms with van der Waals surface area (Å²) in [7, 11) is 3.63. The van der Waals surface area contributed by atoms with Crippen molar-refractivity contribution in [2.75, 3.05) is 7.11 Å². The van der Waals surface area contributed by atoms with Crippen molar-refractivity contribution >= 4 is 29.9 Å². The average molecular weight is 564 g/mol. The molecule has 1 fully saturated rings. The molecule has 0 bridgehead atoms. The highest BCUT2D eigenvalue weighted by Gasteiger charge is 2.17. The number of guanidine groups is 1. The van der Waals surface area contributed by atoms with Crippen molar-refractivity contribution in [2.24, 2.45) is 12.0 Å². The molecule has 9 nitrogen and oxygen atoms in total. The molecule has 10 heteroatoms. The third kappa shape index (κ3) is 6.68. The first kappa shape index (κ1) is 25.0. The lowest BCUT2D eigenvalue weighted by molar-refractivity contribution is 0.414. The molecule has 0 unspecified atom stereocenters. The van der Waals surface area contributed by atoms with E-state index in [1.807, 2.05) is 42.8 Å². The van der Waals surface area contributed by atoms with E-state index in [2.05, 4.69) is 37.8 Å². The van der Waals surface area contributed by atoms with Gasteiger partial charge in [-0.3, -0.25) is 4.68 Å². The Bertz CT molecular complexity index is 1040. The summed E-state index contributed by atoms with van der Waals surface area (Å²) in [5.41, 5.74) is 2.11. The van der Waals surface area contributed by atoms with Gasteiger partial charge in [-0.05, 0) is 43.5 Å². The second kappa shape index (κ2) is 12.0. The molecule has 4 rings (SSSR count). The molecule has 2 heterocycles. The zero-order chi connectivity index (χ0) is 22.3. The normalized spacial score (nSPS) is 14.2. The topological polar surface area (TPSA) is 94.2 Å². The Kier molecular flexibility index (Phi) is 9.10. The molecule has 1 aromatic carbocycles. The van der Waals surface area contributed by atoms with E-state index < -0.39 is 0 Å². The predicted molar refractivity (Wildman–Crippen MR) is 139 cm³/mol. The largest absolute Gasteiger partial charge is 0.497 e. The molecule has 0 radical (unpaired) electrons. The minimum absolute atomic E-state index is 0. The molecule has 2 aromatic heterocycles. The molecular formula is C23H33IN8O. The van der Waals surface area contributed by atoms with Crippen LogP contribution in [0.25, 0.3) is 0 Å². The molecule has 0 spiro atoms. The second-order valence-electron chi connectivity index (χ2n) is 8.17. The van der Waals surface area contributed by atoms with Crippen LogP contribution in [0.4, 0.5) is 0 Å². The maximum absolute atomic E-state index is 5.24. The van der Waals surface area contributed by atoms with Crippen molar-refractivity contribution in [2.45, 2.75) is 58.3 Å². The number of aromatic nitrogens is 5. The van der Waals surface area contributed by atoms with Crippen LogP contribution in [0.3, 0.4) is 0 Å². The number of hydrogen-bond acceptors (Lipinski definition) is 5. The highest BCUT2D eigenvalue weighted by atomic mass is 127. The Morgan fingerprint density at radius 3 is 2.48 bits per heavy atom. The van der Waals surface area contributed by atoms with Gasteiger partial charge in [0.2, 0.25) is 0 Å². The van der Waals surface area contributed by atoms with E-state index >= 15 is 0 Å². The third-order valence-electron chi connectivity index (χ3n) is 5.97. The predicted octanol–water partition coefficient (Wildman–Crippen LogP) is 3.50. The highest BCUT2D eigenvalue weighted by Crippen LogP contribution is 2.28. The minimum atomic E-state index is 0. The van der Waals surface area contributed by atoms with Crippen LogP contribution in [0.5, 0.6) is 5.75 Å². The number of ether oxygens (including phenoxy) is 1. The Morgan fingerprint density at radius 1 is 1.09 bits per heavy atom. The lowest BCUT2D eigenvalue weighted by Crippen LogP contribution is -2.37. The molecule has 1 saturated carbocycles. The Labute approximate surface area is 212 Å². The van der Waals surface area contributed by atoms with Crippen molar-refractivity contribution in [3.05, 3.63) is 59.4 Å². The maximum atomic E-state index is 5.24. The summed E-state index contributed by atoms with van der Waals surface area (Å²) >= 11 is 0. The van der Waals surface area contributed by atoms with E-state index in [1.54, 1.807) is 7.11 Å². The van der Waals surface area contributed by atoms with Gasteiger partial charge in [0.05, 0.1) is 38.5 Å². The highest BCUT2D eigenvalue weighted by molar-refractivity contribution is 14.0. The summed E-state index contributed by atoms with van der Waals surface area (Å²) in [6, 6.07) is 10.6. The van der Waals surface area contributed by atoms with Gasteiger partial charge in [0.1, 0.15) is 11.6 Å². The molecule has 0 atom stereocenters. The van der Waals surface area contributed by atoms with Gasteiger partial charge in [-0.1, -0.05) is 25.0 Å². The average Bonchev–Trinajstić information content (AvgIpc) is 3.57. The lowest BCUT2D eigenvalue weighted by Gasteiger charge is -2.12. The molecule has 0 amide bonds. The van der Waals surface area contributed by atoms with Gasteiger partial charge in [0, 0.05) is 13.2 Å². The number of rotatable bonds is 8. The molecule has 178 valence electrons. The van der Waals surface area contributed by atoms with Gasteiger partial charge < -0.3 is 19.9 Å². The molecule has 33 heavy (non-hydrogen) atoms. The van der Waals surface area contributed by atoms with Gasteiger partial charge in [-0.25, -0.2) is 4.99 Å². The number of aliphatic imine (C=N–C) groups is 1. The third-order valence-corrected chi connectivity index (χ3v) is 5.97. The fourth-order valence-corrected chi connectivity index (χ4v) is 3.86. The van der Waals surface area contributed by atoms with Crippen LogP contribution in [0, 0.1) is 6.92 Å². The number of nitrogens with zero attached hydrogens (tertiary/aromatic N) is 6. The molecule has 0 saturated heterocycles. The molecule has 2 N–H and O–H groups in total. The van der Waals surface area contributed by atoms with E-state index in [-0.39, 0.29) is 24.0 Å². The Balaban J connectivity index is 0.00000306. The summed E-state index contributed by atoms with van der Waals surface area (Å²) in [4.78, 5) is 4.76. The van der Waals surface area contributed by atoms with E-state index in [9.17, 15) is 0 Å². The number of hydrogen-bond donors (Lipinski definition) is 2. The van der Waals surface area contributed by atoms with Gasteiger partial charge in [-0.15, -0.1) is 34.2 Å². The lowest BCUT2D eigenvalue weighted by atomic mass is 10.2. The number of nitrogens with one attached hydrogen (secondary N) is 2. The standard InChI is InChI=1S/C23H32N8O.HI/c1-17-27-28-22(30(17)2)16-26-23(24-14-18-8-10-21(32-3)11-9-18)25-15-19-12-13-31(29-19)20-6-4-5-7-20;/h8-13,20H,4-7,14-16H2,1-3H3,(H2,24,25,26);1H. The fraction of sp³-hybridized carbons (Fsp3) is 0.478. The summed E-state index contributed by atoms with van der Waals surface area (Å²) in [6.07, 6.45) is 7.14. The molecule has 0 aliphatic heterocycles. The Morgan fingerprint density at radius 2 is 1.82 bits per heavy atom. The van der Waals surface area contributed by atoms with Crippen molar-refractivity contribution in [3.8, 4) is 5.75 Å². The van der Waals surface area contributed by atoms with E-state index in [0.29, 0.717) is 31.6 Å². The summed E-state index contributed by atoms with van der Waals surface area (Å²) < 4.78 is 9.33. The number of aryl methyl sites for hydroxylation is 1. The molecule has 3 aromatic rings. The fourth-order valence-electron chi connectivity index (χ4n) is 3.86. The zero-order valence-corrected chi connectivity index (χ0v) is 21.8. The van der Waals surface area contributed by atoms with Crippen LogP contribution in [-0.2, 0) is 26.7 Å². The van der Waals surface area contributed by atoms with Crippen LogP contribution in [0.2, 0.25) is 0 Å². The van der Waals surface area contributed by atoms with Gasteiger partial charge >= 0.3 is 0 Å². The monoisotopic (exact) mass is 564 g/mol. The first-order valence-corrected chi connectivity index (χ1v) is 11.2. The quantitative estimate of drug-likeness (QED) is 0.247. The molecule has 1 aliphatic rings.